The molecule has 0 aliphatic carbocycles. The van der Waals surface area contributed by atoms with Gasteiger partial charge in [0.2, 0.25) is 0 Å². The summed E-state index contributed by atoms with van der Waals surface area (Å²) in [5, 5.41) is 5.32. The SMILES string of the molecule is COc1ccc(OCC(=O)N2CCC(C3(CCC(C)C)NC(=O)NC3=O)CC2)cc1. The first-order valence-electron chi connectivity index (χ1n) is 10.5. The fourth-order valence-electron chi connectivity index (χ4n) is 4.22. The molecule has 1 aromatic rings. The monoisotopic (exact) mass is 417 g/mol. The van der Waals surface area contributed by atoms with E-state index in [1.54, 1.807) is 36.3 Å². The number of amides is 4. The number of nitrogens with one attached hydrogen (secondary N) is 2. The Bertz CT molecular complexity index is 771. The molecule has 1 aromatic carbocycles. The molecule has 1 unspecified atom stereocenters. The number of nitrogens with zero attached hydrogens (tertiary/aromatic N) is 1. The summed E-state index contributed by atoms with van der Waals surface area (Å²) in [6.07, 6.45) is 2.80. The molecule has 0 aromatic heterocycles. The second-order valence-electron chi connectivity index (χ2n) is 8.43. The Morgan fingerprint density at radius 2 is 1.80 bits per heavy atom. The molecule has 2 N–H and O–H groups in total. The lowest BCUT2D eigenvalue weighted by molar-refractivity contribution is -0.135. The van der Waals surface area contributed by atoms with Crippen molar-refractivity contribution in [2.45, 2.75) is 45.1 Å². The smallest absolute Gasteiger partial charge is 0.322 e. The lowest BCUT2D eigenvalue weighted by Crippen LogP contribution is -2.56. The van der Waals surface area contributed by atoms with Crippen LogP contribution in [0.3, 0.4) is 0 Å². The summed E-state index contributed by atoms with van der Waals surface area (Å²) in [6.45, 7) is 5.26. The number of carbonyl (C=O) groups excluding carboxylic acids is 3. The maximum atomic E-state index is 12.6. The van der Waals surface area contributed by atoms with E-state index < -0.39 is 11.6 Å². The molecule has 0 bridgehead atoms. The summed E-state index contributed by atoms with van der Waals surface area (Å²) in [7, 11) is 1.59. The number of methoxy groups -OCH3 is 1. The molecule has 2 aliphatic rings. The van der Waals surface area contributed by atoms with Gasteiger partial charge in [0, 0.05) is 13.1 Å². The number of hydrogen-bond acceptors (Lipinski definition) is 5. The van der Waals surface area contributed by atoms with E-state index in [-0.39, 0.29) is 24.3 Å². The van der Waals surface area contributed by atoms with E-state index in [1.165, 1.54) is 0 Å². The largest absolute Gasteiger partial charge is 0.497 e. The van der Waals surface area contributed by atoms with Crippen LogP contribution in [0.15, 0.2) is 24.3 Å². The molecule has 1 atom stereocenters. The van der Waals surface area contributed by atoms with E-state index in [2.05, 4.69) is 24.5 Å². The number of imide groups is 1. The zero-order valence-electron chi connectivity index (χ0n) is 17.9. The normalized spacial score (nSPS) is 22.1. The van der Waals surface area contributed by atoms with Crippen LogP contribution in [0.25, 0.3) is 0 Å². The number of urea groups is 1. The van der Waals surface area contributed by atoms with Crippen molar-refractivity contribution >= 4 is 17.8 Å². The average Bonchev–Trinajstić information content (AvgIpc) is 3.05. The van der Waals surface area contributed by atoms with Crippen LogP contribution in [0.2, 0.25) is 0 Å². The summed E-state index contributed by atoms with van der Waals surface area (Å²) in [5.41, 5.74) is -0.865. The van der Waals surface area contributed by atoms with Crippen molar-refractivity contribution in [3.63, 3.8) is 0 Å². The van der Waals surface area contributed by atoms with Gasteiger partial charge in [0.05, 0.1) is 7.11 Å². The van der Waals surface area contributed by atoms with Gasteiger partial charge in [-0.1, -0.05) is 13.8 Å². The van der Waals surface area contributed by atoms with Crippen molar-refractivity contribution in [2.24, 2.45) is 11.8 Å². The second kappa shape index (κ2) is 9.36. The number of rotatable bonds is 8. The second-order valence-corrected chi connectivity index (χ2v) is 8.43. The summed E-state index contributed by atoms with van der Waals surface area (Å²) < 4.78 is 10.7. The van der Waals surface area contributed by atoms with Gasteiger partial charge in [-0.15, -0.1) is 0 Å². The number of likely N-dealkylation sites (tertiary alicyclic amines) is 1. The van der Waals surface area contributed by atoms with Crippen molar-refractivity contribution in [2.75, 3.05) is 26.8 Å². The molecule has 0 saturated carbocycles. The van der Waals surface area contributed by atoms with Crippen molar-refractivity contribution in [3.05, 3.63) is 24.3 Å². The predicted molar refractivity (Wildman–Crippen MR) is 111 cm³/mol. The van der Waals surface area contributed by atoms with Crippen LogP contribution in [0.1, 0.15) is 39.5 Å². The van der Waals surface area contributed by atoms with E-state index >= 15 is 0 Å². The van der Waals surface area contributed by atoms with Gasteiger partial charge in [-0.25, -0.2) is 4.79 Å². The fourth-order valence-corrected chi connectivity index (χ4v) is 4.22. The first-order chi connectivity index (χ1) is 14.3. The Morgan fingerprint density at radius 1 is 1.17 bits per heavy atom. The Balaban J connectivity index is 1.55. The van der Waals surface area contributed by atoms with Gasteiger partial charge in [0.15, 0.2) is 6.61 Å². The molecule has 3 rings (SSSR count). The zero-order chi connectivity index (χ0) is 21.7. The third-order valence-corrected chi connectivity index (χ3v) is 6.05. The highest BCUT2D eigenvalue weighted by Crippen LogP contribution is 2.35. The summed E-state index contributed by atoms with van der Waals surface area (Å²) in [6, 6.07) is 6.66. The molecule has 2 saturated heterocycles. The minimum Gasteiger partial charge on any atom is -0.497 e. The Labute approximate surface area is 177 Å². The third kappa shape index (κ3) is 4.86. The predicted octanol–water partition coefficient (Wildman–Crippen LogP) is 2.33. The number of carbonyl (C=O) groups is 3. The van der Waals surface area contributed by atoms with Crippen molar-refractivity contribution < 1.29 is 23.9 Å². The van der Waals surface area contributed by atoms with E-state index in [4.69, 9.17) is 9.47 Å². The van der Waals surface area contributed by atoms with E-state index in [1.807, 2.05) is 0 Å². The average molecular weight is 418 g/mol. The van der Waals surface area contributed by atoms with Crippen LogP contribution in [0.5, 0.6) is 11.5 Å². The maximum absolute atomic E-state index is 12.6. The topological polar surface area (TPSA) is 97.0 Å². The molecular formula is C22H31N3O5. The van der Waals surface area contributed by atoms with Crippen LogP contribution in [-0.2, 0) is 9.59 Å². The molecule has 2 heterocycles. The third-order valence-electron chi connectivity index (χ3n) is 6.05. The molecule has 2 fully saturated rings. The van der Waals surface area contributed by atoms with Crippen LogP contribution in [-0.4, -0.2) is 55.1 Å². The molecule has 8 nitrogen and oxygen atoms in total. The zero-order valence-corrected chi connectivity index (χ0v) is 17.9. The van der Waals surface area contributed by atoms with Gasteiger partial charge < -0.3 is 19.7 Å². The Morgan fingerprint density at radius 3 is 2.33 bits per heavy atom. The molecule has 8 heteroatoms. The van der Waals surface area contributed by atoms with Gasteiger partial charge in [0.1, 0.15) is 17.0 Å². The standard InChI is InChI=1S/C22H31N3O5/c1-15(2)8-11-22(20(27)23-21(28)24-22)16-9-12-25(13-10-16)19(26)14-30-18-6-4-17(29-3)5-7-18/h4-7,15-16H,8-14H2,1-3H3,(H2,23,24,27,28). The van der Waals surface area contributed by atoms with E-state index in [9.17, 15) is 14.4 Å². The highest BCUT2D eigenvalue weighted by Gasteiger charge is 2.51. The van der Waals surface area contributed by atoms with Crippen molar-refractivity contribution in [1.82, 2.24) is 15.5 Å². The Hall–Kier alpha value is -2.77. The van der Waals surface area contributed by atoms with Crippen LogP contribution in [0, 0.1) is 11.8 Å². The van der Waals surface area contributed by atoms with Gasteiger partial charge in [-0.3, -0.25) is 14.9 Å². The van der Waals surface area contributed by atoms with Gasteiger partial charge in [-0.05, 0) is 61.8 Å². The van der Waals surface area contributed by atoms with Gasteiger partial charge >= 0.3 is 6.03 Å². The lowest BCUT2D eigenvalue weighted by Gasteiger charge is -2.41. The number of hydrogen-bond donors (Lipinski definition) is 2. The summed E-state index contributed by atoms with van der Waals surface area (Å²) in [5.74, 6) is 1.46. The van der Waals surface area contributed by atoms with Crippen LogP contribution in [0.4, 0.5) is 4.79 Å². The van der Waals surface area contributed by atoms with Crippen LogP contribution < -0.4 is 20.1 Å². The molecule has 164 valence electrons. The molecule has 0 spiro atoms. The highest BCUT2D eigenvalue weighted by atomic mass is 16.5. The Kier molecular flexibility index (Phi) is 6.84. The summed E-state index contributed by atoms with van der Waals surface area (Å²) in [4.78, 5) is 38.8. The highest BCUT2D eigenvalue weighted by molar-refractivity contribution is 6.07. The first kappa shape index (κ1) is 21.9. The molecule has 0 radical (unpaired) electrons. The molecular weight excluding hydrogens is 386 g/mol. The molecule has 30 heavy (non-hydrogen) atoms. The number of ether oxygens (including phenoxy) is 2. The first-order valence-corrected chi connectivity index (χ1v) is 10.5. The maximum Gasteiger partial charge on any atom is 0.322 e. The lowest BCUT2D eigenvalue weighted by atomic mass is 9.74. The minimum absolute atomic E-state index is 0.00857. The van der Waals surface area contributed by atoms with Gasteiger partial charge in [0.25, 0.3) is 11.8 Å². The van der Waals surface area contributed by atoms with E-state index in [0.29, 0.717) is 44.0 Å². The molecule has 4 amide bonds. The number of benzene rings is 1. The van der Waals surface area contributed by atoms with Gasteiger partial charge in [-0.2, -0.15) is 0 Å². The van der Waals surface area contributed by atoms with Crippen molar-refractivity contribution in [1.29, 1.82) is 0 Å². The number of piperidine rings is 1. The minimum atomic E-state index is -0.865. The summed E-state index contributed by atoms with van der Waals surface area (Å²) >= 11 is 0. The van der Waals surface area contributed by atoms with E-state index in [0.717, 1.165) is 12.2 Å². The van der Waals surface area contributed by atoms with Crippen molar-refractivity contribution in [3.8, 4) is 11.5 Å². The van der Waals surface area contributed by atoms with Crippen LogP contribution >= 0.6 is 0 Å². The quantitative estimate of drug-likeness (QED) is 0.633. The molecule has 2 aliphatic heterocycles. The fraction of sp³-hybridized carbons (Fsp3) is 0.591.